The monoisotopic (exact) mass is 587 g/mol. The molecule has 4 aromatic rings. The molecule has 6 rings (SSSR count). The molecule has 0 atom stereocenters. The van der Waals surface area contributed by atoms with E-state index in [1.165, 1.54) is 24.3 Å². The number of piperidine rings is 1. The van der Waals surface area contributed by atoms with Crippen LogP contribution < -0.4 is 19.7 Å². The molecule has 2 N–H and O–H groups in total. The molecule has 43 heavy (non-hydrogen) atoms. The fourth-order valence-corrected chi connectivity index (χ4v) is 5.56. The highest BCUT2D eigenvalue weighted by Gasteiger charge is 2.34. The number of benzene rings is 2. The van der Waals surface area contributed by atoms with Gasteiger partial charge >= 0.3 is 0 Å². The SMILES string of the molecule is COc1ccc(CN2Cc3nc(-c4c(F)cccc4F)cc(Nc4ccc(N5CCC(O)CC5)cn4)c3C2=O)c(OC)c1. The Morgan fingerprint density at radius 1 is 1.00 bits per heavy atom. The zero-order chi connectivity index (χ0) is 30.1. The number of nitrogens with one attached hydrogen (secondary N) is 1. The van der Waals surface area contributed by atoms with Gasteiger partial charge in [0.2, 0.25) is 0 Å². The lowest BCUT2D eigenvalue weighted by Crippen LogP contribution is -2.35. The standard InChI is InChI=1S/C32H31F2N5O4/c1-42-22-8-6-19(28(14-22)43-2)17-39-18-27-31(32(39)41)26(15-25(36-27)30-23(33)4-3-5-24(30)34)37-29-9-7-20(16-35-29)38-12-10-21(40)11-13-38/h3-9,14-16,21,40H,10-13,17-18H2,1-2H3,(H,35,36,37). The third-order valence-corrected chi connectivity index (χ3v) is 7.85. The van der Waals surface area contributed by atoms with Crippen LogP contribution in [0.1, 0.15) is 34.5 Å². The maximum absolute atomic E-state index is 14.8. The molecule has 11 heteroatoms. The number of nitrogens with zero attached hydrogens (tertiary/aromatic N) is 4. The van der Waals surface area contributed by atoms with Crippen molar-refractivity contribution in [2.24, 2.45) is 0 Å². The van der Waals surface area contributed by atoms with Crippen LogP contribution in [-0.4, -0.2) is 59.3 Å². The minimum absolute atomic E-state index is 0.0667. The molecule has 222 valence electrons. The first-order valence-electron chi connectivity index (χ1n) is 14.0. The second-order valence-corrected chi connectivity index (χ2v) is 10.6. The number of ether oxygens (including phenoxy) is 2. The Morgan fingerprint density at radius 3 is 2.44 bits per heavy atom. The summed E-state index contributed by atoms with van der Waals surface area (Å²) >= 11 is 0. The van der Waals surface area contributed by atoms with Crippen molar-refractivity contribution in [3.05, 3.63) is 89.2 Å². The van der Waals surface area contributed by atoms with Gasteiger partial charge in [-0.25, -0.2) is 18.7 Å². The lowest BCUT2D eigenvalue weighted by molar-refractivity contribution is 0.0766. The van der Waals surface area contributed by atoms with E-state index in [2.05, 4.69) is 20.2 Å². The van der Waals surface area contributed by atoms with Gasteiger partial charge in [0, 0.05) is 24.7 Å². The molecule has 1 fully saturated rings. The largest absolute Gasteiger partial charge is 0.497 e. The number of pyridine rings is 2. The fraction of sp³-hybridized carbons (Fsp3) is 0.281. The number of anilines is 3. The van der Waals surface area contributed by atoms with Gasteiger partial charge in [0.15, 0.2) is 0 Å². The first-order valence-corrected chi connectivity index (χ1v) is 14.0. The molecule has 1 amide bonds. The van der Waals surface area contributed by atoms with E-state index in [0.29, 0.717) is 47.1 Å². The van der Waals surface area contributed by atoms with E-state index in [4.69, 9.17) is 9.47 Å². The molecule has 1 saturated heterocycles. The average Bonchev–Trinajstić information content (AvgIpc) is 3.32. The summed E-state index contributed by atoms with van der Waals surface area (Å²) in [6, 6.07) is 14.2. The molecule has 0 spiro atoms. The van der Waals surface area contributed by atoms with Gasteiger partial charge < -0.3 is 29.7 Å². The highest BCUT2D eigenvalue weighted by Crippen LogP contribution is 2.37. The Balaban J connectivity index is 1.34. The Morgan fingerprint density at radius 2 is 1.77 bits per heavy atom. The molecule has 2 aromatic carbocycles. The molecule has 2 aliphatic heterocycles. The number of aliphatic hydroxyl groups excluding tert-OH is 1. The van der Waals surface area contributed by atoms with Gasteiger partial charge in [0.25, 0.3) is 5.91 Å². The quantitative estimate of drug-likeness (QED) is 0.287. The molecule has 0 bridgehead atoms. The van der Waals surface area contributed by atoms with Crippen molar-refractivity contribution in [2.45, 2.75) is 32.0 Å². The van der Waals surface area contributed by atoms with Crippen LogP contribution >= 0.6 is 0 Å². The summed E-state index contributed by atoms with van der Waals surface area (Å²) in [7, 11) is 3.11. The zero-order valence-electron chi connectivity index (χ0n) is 23.8. The first-order chi connectivity index (χ1) is 20.8. The van der Waals surface area contributed by atoms with E-state index in [1.807, 2.05) is 12.1 Å². The number of fused-ring (bicyclic) bond motifs is 1. The highest BCUT2D eigenvalue weighted by molar-refractivity contribution is 6.04. The van der Waals surface area contributed by atoms with E-state index in [-0.39, 0.29) is 36.4 Å². The van der Waals surface area contributed by atoms with E-state index in [0.717, 1.165) is 24.3 Å². The number of methoxy groups -OCH3 is 2. The van der Waals surface area contributed by atoms with Crippen LogP contribution in [0.15, 0.2) is 60.8 Å². The topological polar surface area (TPSA) is 100 Å². The summed E-state index contributed by atoms with van der Waals surface area (Å²) in [6.07, 6.45) is 2.83. The van der Waals surface area contributed by atoms with Crippen LogP contribution in [-0.2, 0) is 13.1 Å². The Hall–Kier alpha value is -4.77. The third kappa shape index (κ3) is 5.68. The lowest BCUT2D eigenvalue weighted by Gasteiger charge is -2.31. The molecule has 0 saturated carbocycles. The highest BCUT2D eigenvalue weighted by atomic mass is 19.1. The van der Waals surface area contributed by atoms with Gasteiger partial charge in [-0.1, -0.05) is 6.07 Å². The van der Waals surface area contributed by atoms with Gasteiger partial charge in [-0.15, -0.1) is 0 Å². The number of carbonyl (C=O) groups is 1. The Bertz CT molecular complexity index is 1640. The minimum Gasteiger partial charge on any atom is -0.497 e. The van der Waals surface area contributed by atoms with Gasteiger partial charge in [0.1, 0.15) is 29.0 Å². The van der Waals surface area contributed by atoms with Gasteiger partial charge in [0.05, 0.1) is 73.5 Å². The maximum atomic E-state index is 14.8. The van der Waals surface area contributed by atoms with E-state index < -0.39 is 11.6 Å². The molecule has 0 aliphatic carbocycles. The number of amides is 1. The molecule has 0 radical (unpaired) electrons. The number of hydrogen-bond acceptors (Lipinski definition) is 8. The second-order valence-electron chi connectivity index (χ2n) is 10.6. The number of aliphatic hydroxyl groups is 1. The normalized spacial score (nSPS) is 15.0. The van der Waals surface area contributed by atoms with Crippen molar-refractivity contribution in [3.63, 3.8) is 0 Å². The van der Waals surface area contributed by atoms with Gasteiger partial charge in [-0.3, -0.25) is 4.79 Å². The van der Waals surface area contributed by atoms with Crippen molar-refractivity contribution < 1.29 is 28.2 Å². The summed E-state index contributed by atoms with van der Waals surface area (Å²) < 4.78 is 40.5. The number of carbonyl (C=O) groups excluding carboxylic acids is 1. The van der Waals surface area contributed by atoms with E-state index in [1.54, 1.807) is 43.5 Å². The fourth-order valence-electron chi connectivity index (χ4n) is 5.56. The van der Waals surface area contributed by atoms with E-state index in [9.17, 15) is 18.7 Å². The molecular formula is C32H31F2N5O4. The molecule has 9 nitrogen and oxygen atoms in total. The number of hydrogen-bond donors (Lipinski definition) is 2. The molecule has 2 aromatic heterocycles. The zero-order valence-corrected chi connectivity index (χ0v) is 23.8. The summed E-state index contributed by atoms with van der Waals surface area (Å²) in [5, 5.41) is 13.0. The van der Waals surface area contributed by atoms with Crippen molar-refractivity contribution >= 4 is 23.1 Å². The lowest BCUT2D eigenvalue weighted by atomic mass is 10.1. The second kappa shape index (κ2) is 11.8. The summed E-state index contributed by atoms with van der Waals surface area (Å²) in [6.45, 7) is 1.82. The maximum Gasteiger partial charge on any atom is 0.258 e. The van der Waals surface area contributed by atoms with Gasteiger partial charge in [-0.2, -0.15) is 0 Å². The van der Waals surface area contributed by atoms with Crippen LogP contribution in [0.25, 0.3) is 11.3 Å². The molecule has 2 aliphatic rings. The summed E-state index contributed by atoms with van der Waals surface area (Å²) in [5.74, 6) is -0.147. The van der Waals surface area contributed by atoms with Crippen LogP contribution in [0.2, 0.25) is 0 Å². The van der Waals surface area contributed by atoms with Gasteiger partial charge in [-0.05, 0) is 55.3 Å². The van der Waals surface area contributed by atoms with Crippen LogP contribution in [0.3, 0.4) is 0 Å². The minimum atomic E-state index is -0.753. The smallest absolute Gasteiger partial charge is 0.258 e. The van der Waals surface area contributed by atoms with Crippen molar-refractivity contribution in [1.82, 2.24) is 14.9 Å². The van der Waals surface area contributed by atoms with E-state index >= 15 is 0 Å². The number of rotatable bonds is 8. The van der Waals surface area contributed by atoms with Crippen molar-refractivity contribution in [1.29, 1.82) is 0 Å². The van der Waals surface area contributed by atoms with Crippen LogP contribution in [0.4, 0.5) is 26.0 Å². The van der Waals surface area contributed by atoms with Crippen LogP contribution in [0.5, 0.6) is 11.5 Å². The summed E-state index contributed by atoms with van der Waals surface area (Å²) in [4.78, 5) is 26.7. The molecule has 0 unspecified atom stereocenters. The Kier molecular flexibility index (Phi) is 7.81. The molecular weight excluding hydrogens is 556 g/mol. The third-order valence-electron chi connectivity index (χ3n) is 7.85. The Labute approximate surface area is 247 Å². The molecule has 4 heterocycles. The van der Waals surface area contributed by atoms with Crippen molar-refractivity contribution in [2.75, 3.05) is 37.5 Å². The van der Waals surface area contributed by atoms with Crippen molar-refractivity contribution in [3.8, 4) is 22.8 Å². The van der Waals surface area contributed by atoms with Crippen LogP contribution in [0, 0.1) is 11.6 Å². The predicted octanol–water partition coefficient (Wildman–Crippen LogP) is 5.30. The number of aromatic nitrogens is 2. The number of halogens is 2. The predicted molar refractivity (Wildman–Crippen MR) is 158 cm³/mol. The first kappa shape index (κ1) is 28.4. The average molecular weight is 588 g/mol. The summed E-state index contributed by atoms with van der Waals surface area (Å²) in [5.41, 5.74) is 2.53.